The largest absolute Gasteiger partial charge is 0.374 e. The molecule has 1 unspecified atom stereocenters. The van der Waals surface area contributed by atoms with Crippen molar-refractivity contribution in [2.45, 2.75) is 24.8 Å². The first-order valence-electron chi connectivity index (χ1n) is 5.69. The zero-order valence-electron chi connectivity index (χ0n) is 10.7. The molecule has 2 N–H and O–H groups in total. The maximum absolute atomic E-state index is 11.5. The van der Waals surface area contributed by atoms with Crippen LogP contribution in [0, 0.1) is 0 Å². The molecule has 0 aliphatic carbocycles. The fourth-order valence-electron chi connectivity index (χ4n) is 1.44. The minimum atomic E-state index is -3.18. The van der Waals surface area contributed by atoms with E-state index in [0.717, 1.165) is 6.26 Å². The number of benzene rings is 1. The van der Waals surface area contributed by atoms with Gasteiger partial charge in [0.1, 0.15) is 6.04 Å². The number of sulfone groups is 1. The first-order chi connectivity index (χ1) is 8.34. The summed E-state index contributed by atoms with van der Waals surface area (Å²) in [5.41, 5.74) is 0.709. The lowest BCUT2D eigenvalue weighted by Gasteiger charge is -2.14. The number of hydrogen-bond donors (Lipinski definition) is 2. The summed E-state index contributed by atoms with van der Waals surface area (Å²) < 4.78 is 22.6. The third-order valence-corrected chi connectivity index (χ3v) is 3.54. The van der Waals surface area contributed by atoms with E-state index in [0.29, 0.717) is 12.2 Å². The van der Waals surface area contributed by atoms with Crippen molar-refractivity contribution in [1.29, 1.82) is 0 Å². The average Bonchev–Trinajstić information content (AvgIpc) is 2.28. The Morgan fingerprint density at radius 3 is 2.28 bits per heavy atom. The van der Waals surface area contributed by atoms with Crippen molar-refractivity contribution >= 4 is 21.4 Å². The molecule has 18 heavy (non-hydrogen) atoms. The maximum Gasteiger partial charge on any atom is 0.242 e. The summed E-state index contributed by atoms with van der Waals surface area (Å²) in [6, 6.07) is 5.96. The van der Waals surface area contributed by atoms with E-state index in [9.17, 15) is 13.2 Å². The van der Waals surface area contributed by atoms with Gasteiger partial charge in [-0.05, 0) is 38.1 Å². The van der Waals surface area contributed by atoms with Crippen molar-refractivity contribution in [3.8, 4) is 0 Å². The summed E-state index contributed by atoms with van der Waals surface area (Å²) in [6.07, 6.45) is 1.16. The molecule has 5 nitrogen and oxygen atoms in total. The molecule has 1 aromatic carbocycles. The van der Waals surface area contributed by atoms with E-state index in [1.54, 1.807) is 19.1 Å². The third-order valence-electron chi connectivity index (χ3n) is 2.41. The number of carbonyl (C=O) groups is 1. The van der Waals surface area contributed by atoms with Gasteiger partial charge in [0.05, 0.1) is 4.90 Å². The lowest BCUT2D eigenvalue weighted by molar-refractivity contribution is -0.121. The van der Waals surface area contributed by atoms with Crippen molar-refractivity contribution in [2.24, 2.45) is 0 Å². The Hall–Kier alpha value is -1.56. The van der Waals surface area contributed by atoms with Crippen LogP contribution in [-0.2, 0) is 14.6 Å². The number of rotatable bonds is 5. The Labute approximate surface area is 108 Å². The Balaban J connectivity index is 2.73. The van der Waals surface area contributed by atoms with Crippen LogP contribution in [0.15, 0.2) is 29.2 Å². The second kappa shape index (κ2) is 5.86. The predicted molar refractivity (Wildman–Crippen MR) is 71.3 cm³/mol. The molecule has 0 radical (unpaired) electrons. The van der Waals surface area contributed by atoms with Crippen molar-refractivity contribution < 1.29 is 13.2 Å². The van der Waals surface area contributed by atoms with Gasteiger partial charge in [-0.15, -0.1) is 0 Å². The molecule has 0 spiro atoms. The molecule has 100 valence electrons. The Kier molecular flexibility index (Phi) is 4.72. The number of likely N-dealkylation sites (N-methyl/N-ethyl adjacent to an activating group) is 1. The number of carbonyl (C=O) groups excluding carboxylic acids is 1. The van der Waals surface area contributed by atoms with Crippen LogP contribution < -0.4 is 10.6 Å². The molecular weight excluding hydrogens is 252 g/mol. The minimum absolute atomic E-state index is 0.0929. The smallest absolute Gasteiger partial charge is 0.242 e. The lowest BCUT2D eigenvalue weighted by Crippen LogP contribution is -2.37. The topological polar surface area (TPSA) is 75.3 Å². The molecule has 0 fully saturated rings. The Bertz CT molecular complexity index is 509. The average molecular weight is 270 g/mol. The SMILES string of the molecule is CCNC(=O)C(C)Nc1ccc(S(C)(=O)=O)cc1. The van der Waals surface area contributed by atoms with Crippen molar-refractivity contribution in [2.75, 3.05) is 18.1 Å². The van der Waals surface area contributed by atoms with Gasteiger partial charge in [0, 0.05) is 18.5 Å². The molecule has 1 amide bonds. The van der Waals surface area contributed by atoms with Crippen LogP contribution in [0.4, 0.5) is 5.69 Å². The summed E-state index contributed by atoms with van der Waals surface area (Å²) in [6.45, 7) is 4.18. The first-order valence-corrected chi connectivity index (χ1v) is 7.58. The van der Waals surface area contributed by atoms with Crippen molar-refractivity contribution in [3.05, 3.63) is 24.3 Å². The summed E-state index contributed by atoms with van der Waals surface area (Å²) in [7, 11) is -3.18. The number of hydrogen-bond acceptors (Lipinski definition) is 4. The lowest BCUT2D eigenvalue weighted by atomic mass is 10.2. The van der Waals surface area contributed by atoms with Gasteiger partial charge in [-0.25, -0.2) is 8.42 Å². The molecule has 6 heteroatoms. The Morgan fingerprint density at radius 2 is 1.83 bits per heavy atom. The van der Waals surface area contributed by atoms with Crippen LogP contribution in [-0.4, -0.2) is 33.2 Å². The van der Waals surface area contributed by atoms with Crippen molar-refractivity contribution in [1.82, 2.24) is 5.32 Å². The molecule has 1 atom stereocenters. The summed E-state index contributed by atoms with van der Waals surface area (Å²) in [5.74, 6) is -0.0929. The second-order valence-corrected chi connectivity index (χ2v) is 6.07. The van der Waals surface area contributed by atoms with E-state index in [4.69, 9.17) is 0 Å². The van der Waals surface area contributed by atoms with E-state index < -0.39 is 9.84 Å². The van der Waals surface area contributed by atoms with Crippen LogP contribution in [0.5, 0.6) is 0 Å². The molecule has 0 saturated heterocycles. The van der Waals surface area contributed by atoms with Crippen LogP contribution >= 0.6 is 0 Å². The molecule has 1 rings (SSSR count). The zero-order valence-corrected chi connectivity index (χ0v) is 11.5. The van der Waals surface area contributed by atoms with Crippen molar-refractivity contribution in [3.63, 3.8) is 0 Å². The van der Waals surface area contributed by atoms with Crippen LogP contribution in [0.3, 0.4) is 0 Å². The fraction of sp³-hybridized carbons (Fsp3) is 0.417. The highest BCUT2D eigenvalue weighted by molar-refractivity contribution is 7.90. The molecule has 0 bridgehead atoms. The van der Waals surface area contributed by atoms with Gasteiger partial charge in [0.2, 0.25) is 5.91 Å². The van der Waals surface area contributed by atoms with Gasteiger partial charge in [-0.3, -0.25) is 4.79 Å². The molecule has 0 aromatic heterocycles. The minimum Gasteiger partial charge on any atom is -0.374 e. The second-order valence-electron chi connectivity index (χ2n) is 4.06. The summed E-state index contributed by atoms with van der Waals surface area (Å²) >= 11 is 0. The first kappa shape index (κ1) is 14.5. The number of amides is 1. The predicted octanol–water partition coefficient (Wildman–Crippen LogP) is 1.03. The molecule has 0 aliphatic rings. The monoisotopic (exact) mass is 270 g/mol. The fourth-order valence-corrected chi connectivity index (χ4v) is 2.07. The molecule has 0 heterocycles. The summed E-state index contributed by atoms with van der Waals surface area (Å²) in [5, 5.41) is 5.70. The standard InChI is InChI=1S/C12H18N2O3S/c1-4-13-12(15)9(2)14-10-5-7-11(8-6-10)18(3,16)17/h5-9,14H,4H2,1-3H3,(H,13,15). The van der Waals surface area contributed by atoms with Gasteiger partial charge in [-0.1, -0.05) is 0 Å². The van der Waals surface area contributed by atoms with Gasteiger partial charge in [0.25, 0.3) is 0 Å². The Morgan fingerprint density at radius 1 is 1.28 bits per heavy atom. The van der Waals surface area contributed by atoms with Gasteiger partial charge in [-0.2, -0.15) is 0 Å². The van der Waals surface area contributed by atoms with E-state index in [1.807, 2.05) is 6.92 Å². The van der Waals surface area contributed by atoms with E-state index in [-0.39, 0.29) is 16.8 Å². The molecule has 1 aromatic rings. The zero-order chi connectivity index (χ0) is 13.8. The van der Waals surface area contributed by atoms with Crippen LogP contribution in [0.2, 0.25) is 0 Å². The van der Waals surface area contributed by atoms with E-state index >= 15 is 0 Å². The number of anilines is 1. The van der Waals surface area contributed by atoms with E-state index in [2.05, 4.69) is 10.6 Å². The van der Waals surface area contributed by atoms with Gasteiger partial charge in [0.15, 0.2) is 9.84 Å². The molecule has 0 saturated carbocycles. The van der Waals surface area contributed by atoms with Crippen LogP contribution in [0.25, 0.3) is 0 Å². The highest BCUT2D eigenvalue weighted by Gasteiger charge is 2.12. The highest BCUT2D eigenvalue weighted by Crippen LogP contribution is 2.14. The quantitative estimate of drug-likeness (QED) is 0.838. The highest BCUT2D eigenvalue weighted by atomic mass is 32.2. The maximum atomic E-state index is 11.5. The number of nitrogens with one attached hydrogen (secondary N) is 2. The van der Waals surface area contributed by atoms with Gasteiger partial charge < -0.3 is 10.6 Å². The van der Waals surface area contributed by atoms with Gasteiger partial charge >= 0.3 is 0 Å². The van der Waals surface area contributed by atoms with E-state index in [1.165, 1.54) is 12.1 Å². The molecular formula is C12H18N2O3S. The van der Waals surface area contributed by atoms with Crippen LogP contribution in [0.1, 0.15) is 13.8 Å². The molecule has 0 aliphatic heterocycles. The normalized spacial score (nSPS) is 12.8. The third kappa shape index (κ3) is 4.03. The summed E-state index contributed by atoms with van der Waals surface area (Å²) in [4.78, 5) is 11.8.